The van der Waals surface area contributed by atoms with Crippen LogP contribution in [-0.2, 0) is 11.3 Å². The Morgan fingerprint density at radius 1 is 1.05 bits per heavy atom. The quantitative estimate of drug-likeness (QED) is 0.748. The summed E-state index contributed by atoms with van der Waals surface area (Å²) in [5, 5.41) is 0. The van der Waals surface area contributed by atoms with Crippen molar-refractivity contribution in [2.45, 2.75) is 20.0 Å². The maximum atomic E-state index is 11.8. The molecule has 20 heavy (non-hydrogen) atoms. The zero-order valence-corrected chi connectivity index (χ0v) is 11.5. The van der Waals surface area contributed by atoms with Crippen LogP contribution in [0, 0.1) is 0 Å². The lowest BCUT2D eigenvalue weighted by Crippen LogP contribution is -2.06. The number of ether oxygens (including phenoxy) is 2. The van der Waals surface area contributed by atoms with E-state index in [1.807, 2.05) is 43.3 Å². The Morgan fingerprint density at radius 3 is 2.60 bits per heavy atom. The van der Waals surface area contributed by atoms with Crippen LogP contribution in [0.5, 0.6) is 5.75 Å². The highest BCUT2D eigenvalue weighted by Gasteiger charge is 2.07. The predicted molar refractivity (Wildman–Crippen MR) is 77.8 cm³/mol. The molecule has 0 radical (unpaired) electrons. The van der Waals surface area contributed by atoms with E-state index in [2.05, 4.69) is 0 Å². The van der Waals surface area contributed by atoms with Crippen molar-refractivity contribution in [3.8, 4) is 5.75 Å². The number of carbonyl (C=O) groups is 1. The van der Waals surface area contributed by atoms with Gasteiger partial charge in [0.25, 0.3) is 0 Å². The Balaban J connectivity index is 1.97. The molecule has 0 bridgehead atoms. The molecule has 0 amide bonds. The van der Waals surface area contributed by atoms with Gasteiger partial charge in [-0.25, -0.2) is 4.79 Å². The monoisotopic (exact) mass is 270 g/mol. The third-order valence-electron chi connectivity index (χ3n) is 2.76. The second-order valence-electron chi connectivity index (χ2n) is 4.44. The molecule has 2 aromatic carbocycles. The van der Waals surface area contributed by atoms with E-state index in [1.165, 1.54) is 0 Å². The molecule has 2 rings (SSSR count). The predicted octanol–water partition coefficient (Wildman–Crippen LogP) is 3.83. The number of hydrogen-bond acceptors (Lipinski definition) is 3. The van der Waals surface area contributed by atoms with E-state index < -0.39 is 0 Å². The normalized spacial score (nSPS) is 10.1. The van der Waals surface area contributed by atoms with Gasteiger partial charge in [0.05, 0.1) is 12.2 Å². The summed E-state index contributed by atoms with van der Waals surface area (Å²) < 4.78 is 10.8. The molecule has 0 N–H and O–H groups in total. The Morgan fingerprint density at radius 2 is 1.85 bits per heavy atom. The lowest BCUT2D eigenvalue weighted by Gasteiger charge is -2.08. The second-order valence-corrected chi connectivity index (χ2v) is 4.44. The Kier molecular flexibility index (Phi) is 5.18. The van der Waals surface area contributed by atoms with Crippen LogP contribution in [0.2, 0.25) is 0 Å². The van der Waals surface area contributed by atoms with Crippen molar-refractivity contribution in [3.05, 3.63) is 65.7 Å². The van der Waals surface area contributed by atoms with E-state index in [4.69, 9.17) is 9.47 Å². The van der Waals surface area contributed by atoms with Gasteiger partial charge in [-0.2, -0.15) is 0 Å². The van der Waals surface area contributed by atoms with Crippen molar-refractivity contribution in [2.24, 2.45) is 0 Å². The fourth-order valence-corrected chi connectivity index (χ4v) is 1.73. The fraction of sp³-hybridized carbons (Fsp3) is 0.235. The standard InChI is InChI=1S/C17H18O3/c1-2-11-19-17(18)15-9-6-10-16(12-15)20-13-14-7-4-3-5-8-14/h3-10,12H,2,11,13H2,1H3. The topological polar surface area (TPSA) is 35.5 Å². The summed E-state index contributed by atoms with van der Waals surface area (Å²) in [4.78, 5) is 11.8. The molecule has 0 aliphatic carbocycles. The first-order valence-corrected chi connectivity index (χ1v) is 6.73. The lowest BCUT2D eigenvalue weighted by atomic mass is 10.2. The van der Waals surface area contributed by atoms with Gasteiger partial charge >= 0.3 is 5.97 Å². The number of benzene rings is 2. The summed E-state index contributed by atoms with van der Waals surface area (Å²) in [6, 6.07) is 17.0. The van der Waals surface area contributed by atoms with Crippen LogP contribution >= 0.6 is 0 Å². The molecule has 104 valence electrons. The molecule has 0 fully saturated rings. The highest BCUT2D eigenvalue weighted by molar-refractivity contribution is 5.89. The SMILES string of the molecule is CCCOC(=O)c1cccc(OCc2ccccc2)c1. The zero-order valence-electron chi connectivity index (χ0n) is 11.5. The average Bonchev–Trinajstić information content (AvgIpc) is 2.52. The first-order valence-electron chi connectivity index (χ1n) is 6.73. The molecule has 0 unspecified atom stereocenters. The number of hydrogen-bond donors (Lipinski definition) is 0. The summed E-state index contributed by atoms with van der Waals surface area (Å²) in [6.07, 6.45) is 0.815. The molecule has 3 heteroatoms. The molecular weight excluding hydrogens is 252 g/mol. The van der Waals surface area contributed by atoms with Crippen molar-refractivity contribution in [1.82, 2.24) is 0 Å². The van der Waals surface area contributed by atoms with Gasteiger partial charge in [0.2, 0.25) is 0 Å². The summed E-state index contributed by atoms with van der Waals surface area (Å²) in [5.74, 6) is 0.358. The maximum Gasteiger partial charge on any atom is 0.338 e. The minimum absolute atomic E-state index is 0.308. The third-order valence-corrected chi connectivity index (χ3v) is 2.76. The molecule has 0 saturated heterocycles. The van der Waals surface area contributed by atoms with Gasteiger partial charge in [-0.1, -0.05) is 43.3 Å². The minimum atomic E-state index is -0.308. The van der Waals surface area contributed by atoms with Crippen molar-refractivity contribution < 1.29 is 14.3 Å². The Labute approximate surface area is 119 Å². The van der Waals surface area contributed by atoms with Crippen LogP contribution in [-0.4, -0.2) is 12.6 Å². The van der Waals surface area contributed by atoms with E-state index in [0.717, 1.165) is 12.0 Å². The summed E-state index contributed by atoms with van der Waals surface area (Å²) >= 11 is 0. The molecule has 0 atom stereocenters. The van der Waals surface area contributed by atoms with Crippen molar-refractivity contribution in [1.29, 1.82) is 0 Å². The molecular formula is C17H18O3. The third kappa shape index (κ3) is 4.12. The van der Waals surface area contributed by atoms with Crippen LogP contribution in [0.15, 0.2) is 54.6 Å². The number of rotatable bonds is 6. The highest BCUT2D eigenvalue weighted by atomic mass is 16.5. The molecule has 0 aliphatic rings. The zero-order chi connectivity index (χ0) is 14.2. The average molecular weight is 270 g/mol. The van der Waals surface area contributed by atoms with Gasteiger partial charge in [0.1, 0.15) is 12.4 Å². The van der Waals surface area contributed by atoms with Gasteiger partial charge in [0, 0.05) is 0 Å². The number of carbonyl (C=O) groups excluding carboxylic acids is 1. The Bertz CT molecular complexity index is 549. The van der Waals surface area contributed by atoms with Gasteiger partial charge in [-0.3, -0.25) is 0 Å². The van der Waals surface area contributed by atoms with Gasteiger partial charge in [-0.05, 0) is 30.2 Å². The van der Waals surface area contributed by atoms with E-state index in [-0.39, 0.29) is 5.97 Å². The largest absolute Gasteiger partial charge is 0.489 e. The number of esters is 1. The Hall–Kier alpha value is -2.29. The molecule has 0 aliphatic heterocycles. The maximum absolute atomic E-state index is 11.8. The van der Waals surface area contributed by atoms with E-state index in [0.29, 0.717) is 24.5 Å². The summed E-state index contributed by atoms with van der Waals surface area (Å²) in [7, 11) is 0. The van der Waals surface area contributed by atoms with Crippen LogP contribution < -0.4 is 4.74 Å². The van der Waals surface area contributed by atoms with Crippen LogP contribution in [0.1, 0.15) is 29.3 Å². The van der Waals surface area contributed by atoms with E-state index >= 15 is 0 Å². The van der Waals surface area contributed by atoms with Gasteiger partial charge in [-0.15, -0.1) is 0 Å². The fourth-order valence-electron chi connectivity index (χ4n) is 1.73. The molecule has 0 aromatic heterocycles. The van der Waals surface area contributed by atoms with E-state index in [1.54, 1.807) is 18.2 Å². The summed E-state index contributed by atoms with van der Waals surface area (Å²) in [6.45, 7) is 2.88. The van der Waals surface area contributed by atoms with Crippen molar-refractivity contribution in [2.75, 3.05) is 6.61 Å². The van der Waals surface area contributed by atoms with Crippen LogP contribution in [0.25, 0.3) is 0 Å². The molecule has 0 saturated carbocycles. The molecule has 2 aromatic rings. The molecule has 0 heterocycles. The van der Waals surface area contributed by atoms with Gasteiger partial charge < -0.3 is 9.47 Å². The highest BCUT2D eigenvalue weighted by Crippen LogP contribution is 2.16. The van der Waals surface area contributed by atoms with Crippen LogP contribution in [0.3, 0.4) is 0 Å². The lowest BCUT2D eigenvalue weighted by molar-refractivity contribution is 0.0504. The first-order chi connectivity index (χ1) is 9.79. The van der Waals surface area contributed by atoms with Crippen molar-refractivity contribution >= 4 is 5.97 Å². The van der Waals surface area contributed by atoms with Crippen molar-refractivity contribution in [3.63, 3.8) is 0 Å². The smallest absolute Gasteiger partial charge is 0.338 e. The van der Waals surface area contributed by atoms with Gasteiger partial charge in [0.15, 0.2) is 0 Å². The summed E-state index contributed by atoms with van der Waals surface area (Å²) in [5.41, 5.74) is 1.61. The minimum Gasteiger partial charge on any atom is -0.489 e. The first kappa shape index (κ1) is 14.1. The second kappa shape index (κ2) is 7.34. The molecule has 0 spiro atoms. The van der Waals surface area contributed by atoms with Crippen LogP contribution in [0.4, 0.5) is 0 Å². The van der Waals surface area contributed by atoms with E-state index in [9.17, 15) is 4.79 Å². The molecule has 3 nitrogen and oxygen atoms in total.